The van der Waals surface area contributed by atoms with Crippen molar-refractivity contribution < 1.29 is 9.90 Å². The van der Waals surface area contributed by atoms with Crippen molar-refractivity contribution in [3.8, 4) is 0 Å². The molecule has 2 saturated heterocycles. The van der Waals surface area contributed by atoms with E-state index >= 15 is 0 Å². The second-order valence-corrected chi connectivity index (χ2v) is 10.4. The fourth-order valence-corrected chi connectivity index (χ4v) is 5.91. The molecular formula is C26H32N6O2S. The zero-order valence-corrected chi connectivity index (χ0v) is 20.5. The minimum absolute atomic E-state index is 0.165. The quantitative estimate of drug-likeness (QED) is 0.304. The van der Waals surface area contributed by atoms with E-state index in [2.05, 4.69) is 32.2 Å². The number of carbonyl (C=O) groups excluding carboxylic acids is 1. The number of carbonyl (C=O) groups is 1. The Morgan fingerprint density at radius 1 is 1.06 bits per heavy atom. The first kappa shape index (κ1) is 23.6. The average molecular weight is 493 g/mol. The van der Waals surface area contributed by atoms with E-state index in [9.17, 15) is 9.90 Å². The summed E-state index contributed by atoms with van der Waals surface area (Å²) in [6, 6.07) is 15.7. The van der Waals surface area contributed by atoms with Crippen molar-refractivity contribution in [2.75, 3.05) is 47.9 Å². The lowest BCUT2D eigenvalue weighted by Gasteiger charge is -2.42. The topological polar surface area (TPSA) is 121 Å². The van der Waals surface area contributed by atoms with Gasteiger partial charge in [0.05, 0.1) is 6.10 Å². The van der Waals surface area contributed by atoms with E-state index in [4.69, 9.17) is 11.5 Å². The maximum absolute atomic E-state index is 12.8. The molecule has 2 fully saturated rings. The molecule has 5 rings (SSSR count). The number of β-amino-alcohol motifs (C(OH)–C–C–N with tert-alkyl or cyclic N) is 1. The molecule has 1 unspecified atom stereocenters. The molecule has 0 amide bonds. The number of nitrogen functional groups attached to an aromatic ring is 2. The van der Waals surface area contributed by atoms with Gasteiger partial charge in [0.2, 0.25) is 5.78 Å². The molecule has 0 aliphatic carbocycles. The van der Waals surface area contributed by atoms with Crippen LogP contribution >= 0.6 is 11.3 Å². The fourth-order valence-electron chi connectivity index (χ4n) is 5.04. The lowest BCUT2D eigenvalue weighted by molar-refractivity contribution is 0.0398. The lowest BCUT2D eigenvalue weighted by Crippen LogP contribution is -2.49. The Bertz CT molecular complexity index is 1170. The first-order chi connectivity index (χ1) is 17.0. The Morgan fingerprint density at radius 3 is 2.54 bits per heavy atom. The van der Waals surface area contributed by atoms with E-state index in [-0.39, 0.29) is 17.7 Å². The molecule has 2 aliphatic rings. The van der Waals surface area contributed by atoms with Gasteiger partial charge in [-0.3, -0.25) is 9.69 Å². The highest BCUT2D eigenvalue weighted by Gasteiger charge is 2.28. The molecule has 0 radical (unpaired) electrons. The molecule has 1 aromatic heterocycles. The molecule has 8 nitrogen and oxygen atoms in total. The zero-order chi connectivity index (χ0) is 24.4. The SMILES string of the molecule is Nc1cccc(C(=O)c2sc(Nc3ccc(N4CCC(N5CCCC(O)C5)CC4)cc3)nc2N)c1. The van der Waals surface area contributed by atoms with E-state index in [0.29, 0.717) is 27.3 Å². The van der Waals surface area contributed by atoms with Crippen LogP contribution in [0.5, 0.6) is 0 Å². The Hall–Kier alpha value is -3.14. The number of aliphatic hydroxyl groups excluding tert-OH is 1. The van der Waals surface area contributed by atoms with Gasteiger partial charge in [0.1, 0.15) is 10.7 Å². The summed E-state index contributed by atoms with van der Waals surface area (Å²) < 4.78 is 0. The highest BCUT2D eigenvalue weighted by molar-refractivity contribution is 7.18. The minimum Gasteiger partial charge on any atom is -0.399 e. The molecule has 6 N–H and O–H groups in total. The van der Waals surface area contributed by atoms with Gasteiger partial charge in [-0.1, -0.05) is 23.5 Å². The van der Waals surface area contributed by atoms with Crippen LogP contribution in [0.4, 0.5) is 28.0 Å². The number of thiazole rings is 1. The first-order valence-corrected chi connectivity index (χ1v) is 13.0. The molecular weight excluding hydrogens is 460 g/mol. The summed E-state index contributed by atoms with van der Waals surface area (Å²) in [6.07, 6.45) is 4.10. The summed E-state index contributed by atoms with van der Waals surface area (Å²) in [7, 11) is 0. The third-order valence-corrected chi connectivity index (χ3v) is 7.89. The molecule has 0 bridgehead atoms. The highest BCUT2D eigenvalue weighted by Crippen LogP contribution is 2.31. The zero-order valence-electron chi connectivity index (χ0n) is 19.7. The smallest absolute Gasteiger partial charge is 0.206 e. The second-order valence-electron chi connectivity index (χ2n) is 9.37. The van der Waals surface area contributed by atoms with E-state index in [1.54, 1.807) is 24.3 Å². The molecule has 3 heterocycles. The summed E-state index contributed by atoms with van der Waals surface area (Å²) in [5.74, 6) is 0.0313. The Morgan fingerprint density at radius 2 is 1.83 bits per heavy atom. The molecule has 35 heavy (non-hydrogen) atoms. The molecule has 0 saturated carbocycles. The number of nitrogens with zero attached hydrogens (tertiary/aromatic N) is 3. The van der Waals surface area contributed by atoms with Crippen molar-refractivity contribution in [1.82, 2.24) is 9.88 Å². The largest absolute Gasteiger partial charge is 0.399 e. The number of hydrogen-bond acceptors (Lipinski definition) is 9. The molecule has 1 atom stereocenters. The van der Waals surface area contributed by atoms with Gasteiger partial charge in [0.15, 0.2) is 5.13 Å². The lowest BCUT2D eigenvalue weighted by atomic mass is 9.98. The Kier molecular flexibility index (Phi) is 6.90. The highest BCUT2D eigenvalue weighted by atomic mass is 32.1. The monoisotopic (exact) mass is 492 g/mol. The number of anilines is 5. The Balaban J connectivity index is 1.19. The number of benzene rings is 2. The minimum atomic E-state index is -0.182. The summed E-state index contributed by atoms with van der Waals surface area (Å²) >= 11 is 1.24. The predicted molar refractivity (Wildman–Crippen MR) is 143 cm³/mol. The summed E-state index contributed by atoms with van der Waals surface area (Å²) in [6.45, 7) is 3.96. The first-order valence-electron chi connectivity index (χ1n) is 12.2. The van der Waals surface area contributed by atoms with Crippen LogP contribution < -0.4 is 21.7 Å². The maximum Gasteiger partial charge on any atom is 0.206 e. The molecule has 2 aromatic carbocycles. The number of nitrogens with two attached hydrogens (primary N) is 2. The van der Waals surface area contributed by atoms with Crippen molar-refractivity contribution in [2.45, 2.75) is 37.8 Å². The van der Waals surface area contributed by atoms with E-state index in [1.165, 1.54) is 17.0 Å². The molecule has 9 heteroatoms. The van der Waals surface area contributed by atoms with Crippen LogP contribution in [-0.4, -0.2) is 59.1 Å². The van der Waals surface area contributed by atoms with E-state index < -0.39 is 0 Å². The van der Waals surface area contributed by atoms with Gasteiger partial charge in [-0.05, 0) is 68.6 Å². The number of nitrogens with one attached hydrogen (secondary N) is 1. The third-order valence-electron chi connectivity index (χ3n) is 6.90. The average Bonchev–Trinajstić information content (AvgIpc) is 3.24. The summed E-state index contributed by atoms with van der Waals surface area (Å²) in [5.41, 5.74) is 15.0. The summed E-state index contributed by atoms with van der Waals surface area (Å²) in [4.78, 5) is 22.5. The van der Waals surface area contributed by atoms with E-state index in [1.807, 2.05) is 12.1 Å². The number of aliphatic hydroxyl groups is 1. The van der Waals surface area contributed by atoms with Gasteiger partial charge in [-0.25, -0.2) is 4.98 Å². The van der Waals surface area contributed by atoms with Crippen molar-refractivity contribution in [3.05, 3.63) is 59.0 Å². The summed E-state index contributed by atoms with van der Waals surface area (Å²) in [5, 5.41) is 13.8. The van der Waals surface area contributed by atoms with Crippen molar-refractivity contribution in [1.29, 1.82) is 0 Å². The number of likely N-dealkylation sites (tertiary alicyclic amines) is 1. The van der Waals surface area contributed by atoms with Gasteiger partial charge < -0.3 is 26.8 Å². The molecule has 0 spiro atoms. The van der Waals surface area contributed by atoms with Crippen LogP contribution in [0.2, 0.25) is 0 Å². The predicted octanol–water partition coefficient (Wildman–Crippen LogP) is 3.71. The van der Waals surface area contributed by atoms with Crippen LogP contribution in [0, 0.1) is 0 Å². The normalized spacial score (nSPS) is 19.6. The van der Waals surface area contributed by atoms with Crippen molar-refractivity contribution in [2.24, 2.45) is 0 Å². The maximum atomic E-state index is 12.8. The number of aromatic nitrogens is 1. The number of rotatable bonds is 6. The van der Waals surface area contributed by atoms with Crippen molar-refractivity contribution in [3.63, 3.8) is 0 Å². The number of ketones is 1. The van der Waals surface area contributed by atoms with Gasteiger partial charge >= 0.3 is 0 Å². The van der Waals surface area contributed by atoms with Crippen LogP contribution in [0.1, 0.15) is 40.9 Å². The van der Waals surface area contributed by atoms with Gasteiger partial charge in [-0.2, -0.15) is 0 Å². The molecule has 2 aliphatic heterocycles. The van der Waals surface area contributed by atoms with Gasteiger partial charge in [0, 0.05) is 48.3 Å². The Labute approximate surface area is 209 Å². The van der Waals surface area contributed by atoms with Crippen LogP contribution in [0.25, 0.3) is 0 Å². The van der Waals surface area contributed by atoms with Crippen LogP contribution in [0.15, 0.2) is 48.5 Å². The fraction of sp³-hybridized carbons (Fsp3) is 0.385. The van der Waals surface area contributed by atoms with Crippen molar-refractivity contribution >= 4 is 45.1 Å². The third kappa shape index (κ3) is 5.42. The standard InChI is InChI=1S/C26H32N6O2S/c27-18-4-1-3-17(15-18)23(34)24-25(28)30-26(35-24)29-19-6-8-20(9-7-19)31-13-10-21(11-14-31)32-12-2-5-22(33)16-32/h1,3-4,6-9,15,21-22,33H,2,5,10-14,16,27-28H2,(H,29,30). The van der Waals surface area contributed by atoms with Crippen LogP contribution in [-0.2, 0) is 0 Å². The van der Waals surface area contributed by atoms with Crippen LogP contribution in [0.3, 0.4) is 0 Å². The number of piperidine rings is 2. The molecule has 3 aromatic rings. The number of hydrogen-bond donors (Lipinski definition) is 4. The van der Waals surface area contributed by atoms with Gasteiger partial charge in [0.25, 0.3) is 0 Å². The van der Waals surface area contributed by atoms with Gasteiger partial charge in [-0.15, -0.1) is 0 Å². The second kappa shape index (κ2) is 10.2. The molecule has 184 valence electrons. The van der Waals surface area contributed by atoms with E-state index in [0.717, 1.165) is 57.5 Å².